The van der Waals surface area contributed by atoms with Gasteiger partial charge in [-0.2, -0.15) is 21.6 Å². The predicted octanol–water partition coefficient (Wildman–Crippen LogP) is 0.728. The zero-order valence-corrected chi connectivity index (χ0v) is 10.2. The van der Waals surface area contributed by atoms with Gasteiger partial charge in [-0.1, -0.05) is 0 Å². The van der Waals surface area contributed by atoms with Crippen LogP contribution < -0.4 is 14.7 Å². The lowest BCUT2D eigenvalue weighted by atomic mass is 10.3. The lowest BCUT2D eigenvalue weighted by Crippen LogP contribution is -2.38. The smallest absolute Gasteiger partial charge is 0.516 e. The van der Waals surface area contributed by atoms with Crippen LogP contribution in [0.25, 0.3) is 0 Å². The lowest BCUT2D eigenvalue weighted by molar-refractivity contribution is -0.246. The van der Waals surface area contributed by atoms with E-state index in [-0.39, 0.29) is 11.4 Å². The summed E-state index contributed by atoms with van der Waals surface area (Å²) in [5.74, 6) is 0. The van der Waals surface area contributed by atoms with Crippen LogP contribution in [0.5, 0.6) is 0 Å². The van der Waals surface area contributed by atoms with E-state index in [4.69, 9.17) is 0 Å². The Balaban J connectivity index is 2.93. The third kappa shape index (κ3) is 3.50. The highest BCUT2D eigenvalue weighted by molar-refractivity contribution is 7.93. The number of halogens is 3. The van der Waals surface area contributed by atoms with E-state index in [0.717, 1.165) is 24.3 Å². The number of carbonyl (C=O) groups is 1. The molecule has 1 N–H and O–H groups in total. The van der Waals surface area contributed by atoms with Crippen molar-refractivity contribution in [2.24, 2.45) is 0 Å². The van der Waals surface area contributed by atoms with E-state index in [2.05, 4.69) is 0 Å². The number of amides is 1. The van der Waals surface area contributed by atoms with Gasteiger partial charge in [-0.05, 0) is 24.3 Å². The molecule has 1 aromatic carbocycles. The number of benzene rings is 1. The summed E-state index contributed by atoms with van der Waals surface area (Å²) in [4.78, 5) is 11.2. The van der Waals surface area contributed by atoms with Crippen LogP contribution in [0.3, 0.4) is 0 Å². The van der Waals surface area contributed by atoms with E-state index >= 15 is 0 Å². The minimum absolute atomic E-state index is 0.120. The third-order valence-electron chi connectivity index (χ3n) is 2.09. The molecule has 6 nitrogen and oxygen atoms in total. The average Bonchev–Trinajstić information content (AvgIpc) is 2.27. The van der Waals surface area contributed by atoms with Crippen molar-refractivity contribution in [3.8, 4) is 0 Å². The third-order valence-corrected chi connectivity index (χ3v) is 3.20. The largest absolute Gasteiger partial charge is 0.530 e. The van der Waals surface area contributed by atoms with E-state index in [1.807, 2.05) is 0 Å². The molecule has 0 saturated carbocycles. The predicted molar refractivity (Wildman–Crippen MR) is 58.8 cm³/mol. The Hall–Kier alpha value is -1.97. The molecule has 0 saturated heterocycles. The first kappa shape index (κ1) is 15.1. The summed E-state index contributed by atoms with van der Waals surface area (Å²) >= 11 is 0. The SMILES string of the molecule is CN(C(=O)[O-])c1ccc(NS(=O)(=O)C(F)(F)F)cc1. The number of alkyl halides is 3. The highest BCUT2D eigenvalue weighted by Gasteiger charge is 2.45. The van der Waals surface area contributed by atoms with Crippen molar-refractivity contribution < 1.29 is 31.5 Å². The Kier molecular flexibility index (Phi) is 3.94. The maximum Gasteiger partial charge on any atom is 0.516 e. The molecule has 0 aliphatic heterocycles. The molecule has 0 radical (unpaired) electrons. The van der Waals surface area contributed by atoms with Crippen molar-refractivity contribution in [1.82, 2.24) is 0 Å². The van der Waals surface area contributed by atoms with Gasteiger partial charge in [-0.25, -0.2) is 0 Å². The van der Waals surface area contributed by atoms with E-state index in [1.165, 1.54) is 11.8 Å². The second-order valence-electron chi connectivity index (χ2n) is 3.42. The number of nitrogens with one attached hydrogen (secondary N) is 1. The van der Waals surface area contributed by atoms with E-state index < -0.39 is 21.6 Å². The Bertz CT molecular complexity index is 568. The van der Waals surface area contributed by atoms with Crippen LogP contribution in [0.1, 0.15) is 0 Å². The molecule has 0 atom stereocenters. The maximum atomic E-state index is 12.1. The summed E-state index contributed by atoms with van der Waals surface area (Å²) in [5.41, 5.74) is -5.64. The van der Waals surface area contributed by atoms with Gasteiger partial charge in [-0.3, -0.25) is 4.72 Å². The first-order valence-corrected chi connectivity index (χ1v) is 6.17. The molecular weight excluding hydrogens is 289 g/mol. The Morgan fingerprint density at radius 1 is 1.26 bits per heavy atom. The highest BCUT2D eigenvalue weighted by atomic mass is 32.2. The topological polar surface area (TPSA) is 89.5 Å². The molecule has 0 bridgehead atoms. The van der Waals surface area contributed by atoms with Crippen LogP contribution in [0.2, 0.25) is 0 Å². The highest BCUT2D eigenvalue weighted by Crippen LogP contribution is 2.26. The summed E-state index contributed by atoms with van der Waals surface area (Å²) < 4.78 is 59.2. The molecule has 0 fully saturated rings. The van der Waals surface area contributed by atoms with Crippen molar-refractivity contribution in [3.05, 3.63) is 24.3 Å². The van der Waals surface area contributed by atoms with Crippen molar-refractivity contribution in [2.45, 2.75) is 5.51 Å². The standard InChI is InChI=1S/C9H9F3N2O4S/c1-14(8(15)16)7-4-2-6(3-5-7)13-19(17,18)9(10,11)12/h2-5,13H,1H3,(H,15,16)/p-1. The fraction of sp³-hybridized carbons (Fsp3) is 0.222. The van der Waals surface area contributed by atoms with Crippen LogP contribution in [0, 0.1) is 0 Å². The number of anilines is 2. The Morgan fingerprint density at radius 2 is 1.74 bits per heavy atom. The van der Waals surface area contributed by atoms with Gasteiger partial charge in [-0.15, -0.1) is 0 Å². The van der Waals surface area contributed by atoms with Crippen LogP contribution in [0.4, 0.5) is 29.3 Å². The fourth-order valence-electron chi connectivity index (χ4n) is 1.07. The fourth-order valence-corrected chi connectivity index (χ4v) is 1.63. The van der Waals surface area contributed by atoms with Gasteiger partial charge < -0.3 is 14.8 Å². The second kappa shape index (κ2) is 4.96. The zero-order valence-electron chi connectivity index (χ0n) is 9.43. The first-order valence-electron chi connectivity index (χ1n) is 4.68. The van der Waals surface area contributed by atoms with E-state index in [0.29, 0.717) is 4.90 Å². The molecule has 0 aliphatic carbocycles. The van der Waals surface area contributed by atoms with Gasteiger partial charge in [0.2, 0.25) is 0 Å². The van der Waals surface area contributed by atoms with Crippen LogP contribution in [-0.2, 0) is 10.0 Å². The van der Waals surface area contributed by atoms with Gasteiger partial charge in [0.05, 0.1) is 0 Å². The summed E-state index contributed by atoms with van der Waals surface area (Å²) in [7, 11) is -4.32. The van der Waals surface area contributed by atoms with Crippen LogP contribution >= 0.6 is 0 Å². The number of hydrogen-bond acceptors (Lipinski definition) is 4. The number of rotatable bonds is 3. The molecule has 0 aliphatic rings. The van der Waals surface area contributed by atoms with Gasteiger partial charge >= 0.3 is 15.5 Å². The second-order valence-corrected chi connectivity index (χ2v) is 5.10. The Morgan fingerprint density at radius 3 is 2.11 bits per heavy atom. The molecule has 0 unspecified atom stereocenters. The number of sulfonamides is 1. The van der Waals surface area contributed by atoms with Crippen LogP contribution in [0.15, 0.2) is 24.3 Å². The molecule has 1 rings (SSSR count). The number of carbonyl (C=O) groups excluding carboxylic acids is 1. The molecule has 106 valence electrons. The molecule has 1 aromatic rings. The normalized spacial score (nSPS) is 12.0. The van der Waals surface area contributed by atoms with Crippen molar-refractivity contribution in [1.29, 1.82) is 0 Å². The lowest BCUT2D eigenvalue weighted by Gasteiger charge is -2.19. The summed E-state index contributed by atoms with van der Waals surface area (Å²) in [5, 5.41) is 10.5. The molecule has 19 heavy (non-hydrogen) atoms. The molecule has 0 spiro atoms. The maximum absolute atomic E-state index is 12.1. The molecular formula is C9H8F3N2O4S-. The number of hydrogen-bond donors (Lipinski definition) is 1. The van der Waals surface area contributed by atoms with Crippen molar-refractivity contribution in [2.75, 3.05) is 16.7 Å². The van der Waals surface area contributed by atoms with Crippen molar-refractivity contribution in [3.63, 3.8) is 0 Å². The van der Waals surface area contributed by atoms with Gasteiger partial charge in [0, 0.05) is 18.4 Å². The molecule has 0 aromatic heterocycles. The monoisotopic (exact) mass is 297 g/mol. The minimum Gasteiger partial charge on any atom is -0.530 e. The molecule has 0 heterocycles. The average molecular weight is 297 g/mol. The number of carboxylic acid groups (broad SMARTS) is 1. The first-order chi connectivity index (χ1) is 8.54. The summed E-state index contributed by atoms with van der Waals surface area (Å²) in [6.07, 6.45) is -1.51. The van der Waals surface area contributed by atoms with Crippen molar-refractivity contribution >= 4 is 27.5 Å². The van der Waals surface area contributed by atoms with Gasteiger partial charge in [0.1, 0.15) is 6.09 Å². The van der Waals surface area contributed by atoms with E-state index in [9.17, 15) is 31.5 Å². The summed E-state index contributed by atoms with van der Waals surface area (Å²) in [6.45, 7) is 0. The molecule has 1 amide bonds. The quantitative estimate of drug-likeness (QED) is 0.890. The van der Waals surface area contributed by atoms with Crippen LogP contribution in [-0.4, -0.2) is 27.1 Å². The molecule has 10 heteroatoms. The number of nitrogens with zero attached hydrogens (tertiary/aromatic N) is 1. The van der Waals surface area contributed by atoms with Gasteiger partial charge in [0.25, 0.3) is 0 Å². The summed E-state index contributed by atoms with van der Waals surface area (Å²) in [6, 6.07) is 4.25. The van der Waals surface area contributed by atoms with E-state index in [1.54, 1.807) is 0 Å². The zero-order chi connectivity index (χ0) is 14.8. The van der Waals surface area contributed by atoms with Gasteiger partial charge in [0.15, 0.2) is 0 Å². The minimum atomic E-state index is -5.49. The Labute approximate surface area is 106 Å².